The van der Waals surface area contributed by atoms with E-state index < -0.39 is 0 Å². The van der Waals surface area contributed by atoms with Crippen molar-refractivity contribution in [3.63, 3.8) is 0 Å². The molecule has 1 aliphatic rings. The Balaban J connectivity index is 2.54. The fraction of sp³-hybridized carbons (Fsp3) is 0.786. The van der Waals surface area contributed by atoms with Gasteiger partial charge in [-0.15, -0.1) is 0 Å². The summed E-state index contributed by atoms with van der Waals surface area (Å²) in [6, 6.07) is 0. The zero-order valence-corrected chi connectivity index (χ0v) is 10.8. The Bertz CT molecular complexity index is 255. The molecule has 1 aliphatic heterocycles. The van der Waals surface area contributed by atoms with Crippen LogP contribution in [0.2, 0.25) is 0 Å². The maximum absolute atomic E-state index is 11.6. The van der Waals surface area contributed by atoms with Gasteiger partial charge in [0.1, 0.15) is 0 Å². The zero-order valence-electron chi connectivity index (χ0n) is 10.8. The SMILES string of the molecule is C/C1=C\CC[C@H](C)COC(=O)[C@@H](C)CCC1. The van der Waals surface area contributed by atoms with Crippen molar-refractivity contribution < 1.29 is 9.53 Å². The van der Waals surface area contributed by atoms with Crippen molar-refractivity contribution in [2.45, 2.75) is 52.9 Å². The first-order valence-corrected chi connectivity index (χ1v) is 6.42. The molecule has 0 aromatic carbocycles. The average Bonchev–Trinajstić information content (AvgIpc) is 2.24. The van der Waals surface area contributed by atoms with Crippen LogP contribution in [0.25, 0.3) is 0 Å². The fourth-order valence-corrected chi connectivity index (χ4v) is 1.97. The van der Waals surface area contributed by atoms with Crippen LogP contribution < -0.4 is 0 Å². The van der Waals surface area contributed by atoms with Gasteiger partial charge in [0.2, 0.25) is 0 Å². The first-order valence-electron chi connectivity index (χ1n) is 6.42. The summed E-state index contributed by atoms with van der Waals surface area (Å²) in [7, 11) is 0. The highest BCUT2D eigenvalue weighted by Gasteiger charge is 2.15. The molecule has 2 nitrogen and oxygen atoms in total. The van der Waals surface area contributed by atoms with Gasteiger partial charge in [0.05, 0.1) is 12.5 Å². The number of hydrogen-bond acceptors (Lipinski definition) is 2. The van der Waals surface area contributed by atoms with Gasteiger partial charge in [-0.25, -0.2) is 0 Å². The highest BCUT2D eigenvalue weighted by atomic mass is 16.5. The van der Waals surface area contributed by atoms with Crippen molar-refractivity contribution in [2.24, 2.45) is 11.8 Å². The van der Waals surface area contributed by atoms with E-state index in [2.05, 4.69) is 19.9 Å². The van der Waals surface area contributed by atoms with Crippen molar-refractivity contribution in [3.05, 3.63) is 11.6 Å². The summed E-state index contributed by atoms with van der Waals surface area (Å²) >= 11 is 0. The number of hydrogen-bond donors (Lipinski definition) is 0. The maximum atomic E-state index is 11.6. The van der Waals surface area contributed by atoms with Crippen LogP contribution in [0.1, 0.15) is 52.9 Å². The van der Waals surface area contributed by atoms with E-state index in [4.69, 9.17) is 4.74 Å². The summed E-state index contributed by atoms with van der Waals surface area (Å²) in [5.41, 5.74) is 1.47. The molecular formula is C14H24O2. The Morgan fingerprint density at radius 3 is 2.81 bits per heavy atom. The molecule has 0 saturated carbocycles. The fourth-order valence-electron chi connectivity index (χ4n) is 1.97. The molecule has 1 rings (SSSR count). The third-order valence-corrected chi connectivity index (χ3v) is 3.27. The standard InChI is InChI=1S/C14H24O2/c1-11-6-4-8-12(2)10-16-14(15)13(3)9-5-7-11/h6,12-13H,4-5,7-10H2,1-3H3/b11-6+/t12-,13-/m0/s1. The Kier molecular flexibility index (Phi) is 5.58. The van der Waals surface area contributed by atoms with Crippen LogP contribution in [-0.4, -0.2) is 12.6 Å². The Morgan fingerprint density at radius 1 is 1.31 bits per heavy atom. The molecule has 92 valence electrons. The third kappa shape index (κ3) is 4.82. The molecule has 0 N–H and O–H groups in total. The van der Waals surface area contributed by atoms with Crippen LogP contribution in [-0.2, 0) is 9.53 Å². The average molecular weight is 224 g/mol. The normalized spacial score (nSPS) is 32.9. The van der Waals surface area contributed by atoms with Gasteiger partial charge in [0.25, 0.3) is 0 Å². The molecule has 0 unspecified atom stereocenters. The maximum Gasteiger partial charge on any atom is 0.308 e. The quantitative estimate of drug-likeness (QED) is 0.463. The molecule has 2 atom stereocenters. The van der Waals surface area contributed by atoms with Crippen LogP contribution in [0.5, 0.6) is 0 Å². The van der Waals surface area contributed by atoms with Gasteiger partial charge in [-0.1, -0.05) is 25.5 Å². The van der Waals surface area contributed by atoms with Gasteiger partial charge in [0, 0.05) is 0 Å². The lowest BCUT2D eigenvalue weighted by Gasteiger charge is -2.16. The first kappa shape index (κ1) is 13.3. The van der Waals surface area contributed by atoms with Crippen molar-refractivity contribution in [3.8, 4) is 0 Å². The predicted octanol–water partition coefficient (Wildman–Crippen LogP) is 3.71. The van der Waals surface area contributed by atoms with Gasteiger partial charge < -0.3 is 4.74 Å². The predicted molar refractivity (Wildman–Crippen MR) is 66.1 cm³/mol. The number of carbonyl (C=O) groups is 1. The monoisotopic (exact) mass is 224 g/mol. The molecule has 0 bridgehead atoms. The van der Waals surface area contributed by atoms with E-state index >= 15 is 0 Å². The van der Waals surface area contributed by atoms with Crippen LogP contribution in [0.4, 0.5) is 0 Å². The van der Waals surface area contributed by atoms with Crippen LogP contribution in [0.3, 0.4) is 0 Å². The second-order valence-electron chi connectivity index (χ2n) is 5.16. The minimum absolute atomic E-state index is 0.0194. The van der Waals surface area contributed by atoms with Crippen LogP contribution in [0, 0.1) is 11.8 Å². The Hall–Kier alpha value is -0.790. The number of cyclic esters (lactones) is 1. The second-order valence-corrected chi connectivity index (χ2v) is 5.16. The number of ether oxygens (including phenoxy) is 1. The number of carbonyl (C=O) groups excluding carboxylic acids is 1. The molecule has 0 aliphatic carbocycles. The highest BCUT2D eigenvalue weighted by Crippen LogP contribution is 2.17. The van der Waals surface area contributed by atoms with Crippen molar-refractivity contribution >= 4 is 5.97 Å². The summed E-state index contributed by atoms with van der Waals surface area (Å²) in [6.07, 6.45) is 7.71. The molecule has 0 saturated heterocycles. The Labute approximate surface area is 99.1 Å². The van der Waals surface area contributed by atoms with E-state index in [-0.39, 0.29) is 11.9 Å². The smallest absolute Gasteiger partial charge is 0.308 e. The molecule has 0 radical (unpaired) electrons. The number of esters is 1. The van der Waals surface area contributed by atoms with E-state index in [0.717, 1.165) is 32.1 Å². The molecular weight excluding hydrogens is 200 g/mol. The van der Waals surface area contributed by atoms with Gasteiger partial charge >= 0.3 is 5.97 Å². The summed E-state index contributed by atoms with van der Waals surface area (Å²) in [5, 5.41) is 0. The summed E-state index contributed by atoms with van der Waals surface area (Å²) < 4.78 is 5.31. The van der Waals surface area contributed by atoms with E-state index in [0.29, 0.717) is 12.5 Å². The zero-order chi connectivity index (χ0) is 12.0. The number of allylic oxidation sites excluding steroid dienone is 2. The lowest BCUT2D eigenvalue weighted by Crippen LogP contribution is -2.18. The first-order chi connectivity index (χ1) is 7.59. The topological polar surface area (TPSA) is 26.3 Å². The summed E-state index contributed by atoms with van der Waals surface area (Å²) in [4.78, 5) is 11.6. The molecule has 0 amide bonds. The van der Waals surface area contributed by atoms with E-state index in [1.54, 1.807) is 0 Å². The summed E-state index contributed by atoms with van der Waals surface area (Å²) in [5.74, 6) is 0.508. The lowest BCUT2D eigenvalue weighted by molar-refractivity contribution is -0.149. The second kappa shape index (κ2) is 6.72. The van der Waals surface area contributed by atoms with Crippen LogP contribution >= 0.6 is 0 Å². The van der Waals surface area contributed by atoms with Gasteiger partial charge in [-0.3, -0.25) is 4.79 Å². The largest absolute Gasteiger partial charge is 0.465 e. The minimum atomic E-state index is -0.0194. The molecule has 16 heavy (non-hydrogen) atoms. The van der Waals surface area contributed by atoms with Gasteiger partial charge in [0.15, 0.2) is 0 Å². The molecule has 2 heteroatoms. The molecule has 0 aromatic heterocycles. The molecule has 0 fully saturated rings. The van der Waals surface area contributed by atoms with Crippen LogP contribution in [0.15, 0.2) is 11.6 Å². The molecule has 0 spiro atoms. The van der Waals surface area contributed by atoms with Crippen molar-refractivity contribution in [1.29, 1.82) is 0 Å². The van der Waals surface area contributed by atoms with Crippen molar-refractivity contribution in [2.75, 3.05) is 6.61 Å². The summed E-state index contributed by atoms with van der Waals surface area (Å²) in [6.45, 7) is 6.89. The van der Waals surface area contributed by atoms with Gasteiger partial charge in [-0.2, -0.15) is 0 Å². The molecule has 0 aromatic rings. The lowest BCUT2D eigenvalue weighted by atomic mass is 9.99. The Morgan fingerprint density at radius 2 is 2.06 bits per heavy atom. The highest BCUT2D eigenvalue weighted by molar-refractivity contribution is 5.71. The van der Waals surface area contributed by atoms with Crippen molar-refractivity contribution in [1.82, 2.24) is 0 Å². The third-order valence-electron chi connectivity index (χ3n) is 3.27. The van der Waals surface area contributed by atoms with Gasteiger partial charge in [-0.05, 0) is 44.9 Å². The minimum Gasteiger partial charge on any atom is -0.465 e. The number of rotatable bonds is 0. The van der Waals surface area contributed by atoms with E-state index in [1.165, 1.54) is 5.57 Å². The van der Waals surface area contributed by atoms with E-state index in [9.17, 15) is 4.79 Å². The van der Waals surface area contributed by atoms with E-state index in [1.807, 2.05) is 6.92 Å². The molecule has 1 heterocycles.